The molecule has 1 atom stereocenters. The minimum Gasteiger partial charge on any atom is -0.377 e. The highest BCUT2D eigenvalue weighted by atomic mass is 32.2. The van der Waals surface area contributed by atoms with Gasteiger partial charge in [-0.2, -0.15) is 4.31 Å². The van der Waals surface area contributed by atoms with Gasteiger partial charge in [0.2, 0.25) is 10.0 Å². The highest BCUT2D eigenvalue weighted by Gasteiger charge is 2.34. The molecule has 1 fully saturated rings. The van der Waals surface area contributed by atoms with Crippen molar-refractivity contribution in [3.8, 4) is 0 Å². The number of aromatic nitrogens is 1. The van der Waals surface area contributed by atoms with Crippen LogP contribution in [0.25, 0.3) is 10.9 Å². The maximum absolute atomic E-state index is 13.6. The van der Waals surface area contributed by atoms with E-state index in [-0.39, 0.29) is 24.8 Å². The number of nitrogens with zero attached hydrogens (tertiary/aromatic N) is 2. The molecule has 0 aliphatic carbocycles. The lowest BCUT2D eigenvalue weighted by molar-refractivity contribution is -0.387. The molecule has 1 N–H and O–H groups in total. The molecule has 0 bridgehead atoms. The molecule has 4 rings (SSSR count). The van der Waals surface area contributed by atoms with Gasteiger partial charge < -0.3 is 9.72 Å². The van der Waals surface area contributed by atoms with E-state index in [9.17, 15) is 23.3 Å². The minimum atomic E-state index is -4.29. The van der Waals surface area contributed by atoms with Gasteiger partial charge in [0.05, 0.1) is 16.5 Å². The Morgan fingerprint density at radius 2 is 1.91 bits per heavy atom. The van der Waals surface area contributed by atoms with E-state index in [0.29, 0.717) is 18.5 Å². The molecule has 3 aromatic rings. The van der Waals surface area contributed by atoms with E-state index in [1.54, 1.807) is 6.07 Å². The zero-order valence-corrected chi connectivity index (χ0v) is 19.2. The number of ether oxygens (including phenoxy) is 1. The highest BCUT2D eigenvalue weighted by molar-refractivity contribution is 7.89. The average molecular weight is 472 g/mol. The molecule has 1 aliphatic rings. The van der Waals surface area contributed by atoms with Crippen LogP contribution in [0.15, 0.2) is 52.2 Å². The van der Waals surface area contributed by atoms with E-state index in [2.05, 4.69) is 4.98 Å². The number of para-hydroxylation sites is 1. The Balaban J connectivity index is 1.81. The summed E-state index contributed by atoms with van der Waals surface area (Å²) in [6.07, 6.45) is 1.14. The monoisotopic (exact) mass is 471 g/mol. The number of nitrogens with one attached hydrogen (secondary N) is 1. The largest absolute Gasteiger partial charge is 0.377 e. The van der Waals surface area contributed by atoms with Crippen molar-refractivity contribution in [3.05, 3.63) is 79.6 Å². The lowest BCUT2D eigenvalue weighted by Crippen LogP contribution is -2.38. The van der Waals surface area contributed by atoms with Crippen molar-refractivity contribution in [2.45, 2.75) is 44.2 Å². The van der Waals surface area contributed by atoms with Crippen molar-refractivity contribution in [2.24, 2.45) is 0 Å². The van der Waals surface area contributed by atoms with Crippen LogP contribution in [-0.4, -0.2) is 41.9 Å². The molecule has 1 aliphatic heterocycles. The predicted molar refractivity (Wildman–Crippen MR) is 124 cm³/mol. The molecule has 1 saturated heterocycles. The Hall–Kier alpha value is -3.08. The van der Waals surface area contributed by atoms with Gasteiger partial charge in [-0.05, 0) is 49.9 Å². The van der Waals surface area contributed by atoms with E-state index in [4.69, 9.17) is 4.74 Å². The highest BCUT2D eigenvalue weighted by Crippen LogP contribution is 2.29. The number of aryl methyl sites for hydroxylation is 2. The first kappa shape index (κ1) is 23.1. The van der Waals surface area contributed by atoms with Crippen molar-refractivity contribution in [2.75, 3.05) is 13.2 Å². The van der Waals surface area contributed by atoms with Gasteiger partial charge >= 0.3 is 0 Å². The van der Waals surface area contributed by atoms with Crippen molar-refractivity contribution in [1.29, 1.82) is 0 Å². The molecular weight excluding hydrogens is 446 g/mol. The molecule has 0 unspecified atom stereocenters. The number of hydrogen-bond acceptors (Lipinski definition) is 6. The number of nitro groups is 1. The number of benzene rings is 2. The second kappa shape index (κ2) is 9.05. The summed E-state index contributed by atoms with van der Waals surface area (Å²) in [5.74, 6) is 0. The van der Waals surface area contributed by atoms with Gasteiger partial charge in [-0.15, -0.1) is 0 Å². The fourth-order valence-electron chi connectivity index (χ4n) is 4.15. The number of rotatable bonds is 7. The molecule has 0 radical (unpaired) electrons. The summed E-state index contributed by atoms with van der Waals surface area (Å²) in [7, 11) is -4.29. The van der Waals surface area contributed by atoms with Crippen LogP contribution in [0, 0.1) is 24.0 Å². The van der Waals surface area contributed by atoms with E-state index < -0.39 is 31.1 Å². The zero-order valence-electron chi connectivity index (χ0n) is 18.4. The van der Waals surface area contributed by atoms with Gasteiger partial charge in [0.1, 0.15) is 0 Å². The summed E-state index contributed by atoms with van der Waals surface area (Å²) >= 11 is 0. The summed E-state index contributed by atoms with van der Waals surface area (Å²) in [6.45, 7) is 4.10. The molecule has 0 saturated carbocycles. The van der Waals surface area contributed by atoms with Crippen LogP contribution in [-0.2, 0) is 21.3 Å². The third kappa shape index (κ3) is 4.54. The fraction of sp³-hybridized carbons (Fsp3) is 0.348. The van der Waals surface area contributed by atoms with Gasteiger partial charge in [0.15, 0.2) is 4.90 Å². The van der Waals surface area contributed by atoms with Crippen LogP contribution in [0.4, 0.5) is 5.69 Å². The number of pyridine rings is 1. The van der Waals surface area contributed by atoms with E-state index in [1.165, 1.54) is 18.2 Å². The number of fused-ring (bicyclic) bond motifs is 1. The Morgan fingerprint density at radius 1 is 1.18 bits per heavy atom. The van der Waals surface area contributed by atoms with Gasteiger partial charge in [0.25, 0.3) is 11.2 Å². The zero-order chi connectivity index (χ0) is 23.8. The molecule has 0 amide bonds. The van der Waals surface area contributed by atoms with Crippen molar-refractivity contribution in [3.63, 3.8) is 0 Å². The summed E-state index contributed by atoms with van der Waals surface area (Å²) in [4.78, 5) is 26.1. The normalized spacial score (nSPS) is 16.5. The first-order chi connectivity index (χ1) is 15.7. The van der Waals surface area contributed by atoms with E-state index in [1.807, 2.05) is 26.0 Å². The number of aromatic amines is 1. The molecule has 174 valence electrons. The predicted octanol–water partition coefficient (Wildman–Crippen LogP) is 3.42. The summed E-state index contributed by atoms with van der Waals surface area (Å²) in [5.41, 5.74) is 1.91. The minimum absolute atomic E-state index is 0.00133. The first-order valence-corrected chi connectivity index (χ1v) is 12.1. The number of sulfonamides is 1. The SMILES string of the molecule is Cc1ccc(C)c2[nH]c(=O)c(CN(C[C@@H]3CCCO3)S(=O)(=O)c3ccccc3[N+](=O)[O-])cc12. The second-order valence-corrected chi connectivity index (χ2v) is 10.2. The molecule has 10 heteroatoms. The van der Waals surface area contributed by atoms with Crippen molar-refractivity contribution < 1.29 is 18.1 Å². The van der Waals surface area contributed by atoms with Crippen LogP contribution in [0.5, 0.6) is 0 Å². The second-order valence-electron chi connectivity index (χ2n) is 8.27. The lowest BCUT2D eigenvalue weighted by atomic mass is 10.0. The molecule has 33 heavy (non-hydrogen) atoms. The maximum Gasteiger partial charge on any atom is 0.289 e. The van der Waals surface area contributed by atoms with Crippen LogP contribution in [0.3, 0.4) is 0 Å². The number of hydrogen-bond donors (Lipinski definition) is 1. The quantitative estimate of drug-likeness (QED) is 0.416. The summed E-state index contributed by atoms with van der Waals surface area (Å²) in [6, 6.07) is 10.8. The third-order valence-corrected chi connectivity index (χ3v) is 7.84. The van der Waals surface area contributed by atoms with Gasteiger partial charge in [-0.1, -0.05) is 24.3 Å². The Morgan fingerprint density at radius 3 is 2.61 bits per heavy atom. The maximum atomic E-state index is 13.6. The molecule has 2 heterocycles. The molecular formula is C23H25N3O6S. The van der Waals surface area contributed by atoms with Crippen LogP contribution >= 0.6 is 0 Å². The van der Waals surface area contributed by atoms with Crippen molar-refractivity contribution >= 4 is 26.6 Å². The molecule has 9 nitrogen and oxygen atoms in total. The van der Waals surface area contributed by atoms with Gasteiger partial charge in [-0.25, -0.2) is 8.42 Å². The van der Waals surface area contributed by atoms with Gasteiger partial charge in [-0.3, -0.25) is 14.9 Å². The first-order valence-electron chi connectivity index (χ1n) is 10.7. The van der Waals surface area contributed by atoms with Crippen LogP contribution in [0.1, 0.15) is 29.5 Å². The van der Waals surface area contributed by atoms with E-state index >= 15 is 0 Å². The average Bonchev–Trinajstić information content (AvgIpc) is 3.30. The van der Waals surface area contributed by atoms with Crippen LogP contribution in [0.2, 0.25) is 0 Å². The van der Waals surface area contributed by atoms with Crippen LogP contribution < -0.4 is 5.56 Å². The number of nitro benzene ring substituents is 1. The van der Waals surface area contributed by atoms with Gasteiger partial charge in [0, 0.05) is 36.7 Å². The fourth-order valence-corrected chi connectivity index (χ4v) is 5.76. The van der Waals surface area contributed by atoms with Crippen molar-refractivity contribution in [1.82, 2.24) is 9.29 Å². The molecule has 0 spiro atoms. The summed E-state index contributed by atoms with van der Waals surface area (Å²) in [5, 5.41) is 12.3. The number of H-pyrrole nitrogens is 1. The summed E-state index contributed by atoms with van der Waals surface area (Å²) < 4.78 is 34.0. The van der Waals surface area contributed by atoms with E-state index in [0.717, 1.165) is 33.3 Å². The third-order valence-electron chi connectivity index (χ3n) is 5.98. The smallest absolute Gasteiger partial charge is 0.289 e. The Labute approximate surface area is 191 Å². The Kier molecular flexibility index (Phi) is 6.33. The topological polar surface area (TPSA) is 123 Å². The molecule has 2 aromatic carbocycles. The lowest BCUT2D eigenvalue weighted by Gasteiger charge is -2.25. The standard InChI is InChI=1S/C23H25N3O6S/c1-15-9-10-16(2)22-19(15)12-17(23(27)24-22)13-25(14-18-6-5-11-32-18)33(30,31)21-8-4-3-7-20(21)26(28)29/h3-4,7-10,12,18H,5-6,11,13-14H2,1-2H3,(H,24,27)/t18-/m0/s1. The Bertz CT molecular complexity index is 1380. The molecule has 1 aromatic heterocycles.